The number of aromatic carboxylic acids is 1. The highest BCUT2D eigenvalue weighted by molar-refractivity contribution is 6.34. The number of nitrogens with zero attached hydrogens (tertiary/aromatic N) is 3. The van der Waals surface area contributed by atoms with E-state index in [1.54, 1.807) is 19.2 Å². The summed E-state index contributed by atoms with van der Waals surface area (Å²) < 4.78 is 13.5. The second kappa shape index (κ2) is 14.8. The molecule has 11 nitrogen and oxygen atoms in total. The number of aromatic nitrogens is 2. The molecule has 6 rings (SSSR count). The lowest BCUT2D eigenvalue weighted by atomic mass is 9.83. The van der Waals surface area contributed by atoms with Gasteiger partial charge in [-0.2, -0.15) is 0 Å². The number of carboxylic acid groups (broad SMARTS) is 1. The molecule has 1 aliphatic heterocycles. The first kappa shape index (κ1) is 34.7. The number of nitrogens with one attached hydrogen (secondary N) is 2. The highest BCUT2D eigenvalue weighted by atomic mass is 35.5. The van der Waals surface area contributed by atoms with Crippen molar-refractivity contribution in [1.82, 2.24) is 15.3 Å². The van der Waals surface area contributed by atoms with Crippen molar-refractivity contribution in [3.05, 3.63) is 94.4 Å². The van der Waals surface area contributed by atoms with Crippen LogP contribution in [0.3, 0.4) is 0 Å². The molecule has 1 aromatic heterocycles. The number of anilines is 2. The number of fused-ring (bicyclic) bond motifs is 2. The molecule has 1 amide bonds. The largest absolute Gasteiger partial charge is 0.478 e. The van der Waals surface area contributed by atoms with Gasteiger partial charge in [-0.05, 0) is 74.3 Å². The zero-order valence-electron chi connectivity index (χ0n) is 27.8. The Kier molecular flexibility index (Phi) is 10.5. The second-order valence-electron chi connectivity index (χ2n) is 13.0. The molecule has 7 atom stereocenters. The van der Waals surface area contributed by atoms with Crippen LogP contribution in [0.25, 0.3) is 12.2 Å². The number of aliphatic hydroxyl groups excluding tert-OH is 1. The van der Waals surface area contributed by atoms with Crippen molar-refractivity contribution in [2.45, 2.75) is 63.9 Å². The van der Waals surface area contributed by atoms with Crippen LogP contribution in [0.5, 0.6) is 0 Å². The van der Waals surface area contributed by atoms with Crippen LogP contribution in [0, 0.1) is 17.8 Å². The van der Waals surface area contributed by atoms with Crippen molar-refractivity contribution in [3.63, 3.8) is 0 Å². The van der Waals surface area contributed by atoms with Gasteiger partial charge in [0.15, 0.2) is 12.1 Å². The van der Waals surface area contributed by atoms with E-state index in [-0.39, 0.29) is 58.6 Å². The molecule has 0 radical (unpaired) electrons. The molecule has 49 heavy (non-hydrogen) atoms. The monoisotopic (exact) mass is 687 g/mol. The molecule has 2 heterocycles. The summed E-state index contributed by atoms with van der Waals surface area (Å²) in [4.78, 5) is 36.2. The summed E-state index contributed by atoms with van der Waals surface area (Å²) in [6, 6.07) is 14.5. The zero-order valence-corrected chi connectivity index (χ0v) is 28.5. The lowest BCUT2D eigenvalue weighted by Crippen LogP contribution is -2.36. The Morgan fingerprint density at radius 3 is 2.67 bits per heavy atom. The fraction of sp³-hybridized carbons (Fsp3) is 0.405. The highest BCUT2D eigenvalue weighted by Crippen LogP contribution is 2.51. The van der Waals surface area contributed by atoms with Crippen LogP contribution in [0.1, 0.15) is 60.3 Å². The molecule has 12 heteroatoms. The number of para-hydroxylation sites is 1. The Morgan fingerprint density at radius 2 is 1.92 bits per heavy atom. The minimum absolute atomic E-state index is 0.0317. The van der Waals surface area contributed by atoms with E-state index in [0.29, 0.717) is 25.2 Å². The van der Waals surface area contributed by atoms with Gasteiger partial charge in [-0.1, -0.05) is 73.2 Å². The Hall–Kier alpha value is -4.13. The van der Waals surface area contributed by atoms with E-state index in [9.17, 15) is 19.8 Å². The number of allylic oxidation sites excluding steroid dienone is 1. The summed E-state index contributed by atoms with van der Waals surface area (Å²) >= 11 is 6.43. The highest BCUT2D eigenvalue weighted by Gasteiger charge is 2.56. The normalized spacial score (nSPS) is 26.6. The van der Waals surface area contributed by atoms with Crippen molar-refractivity contribution < 1.29 is 29.3 Å². The molecule has 258 valence electrons. The van der Waals surface area contributed by atoms with Gasteiger partial charge in [0.05, 0.1) is 34.2 Å². The smallest absolute Gasteiger partial charge is 0.337 e. The van der Waals surface area contributed by atoms with Crippen LogP contribution >= 0.6 is 11.6 Å². The molecule has 3 aliphatic rings. The van der Waals surface area contributed by atoms with Gasteiger partial charge in [0, 0.05) is 19.0 Å². The van der Waals surface area contributed by atoms with Gasteiger partial charge >= 0.3 is 5.97 Å². The van der Waals surface area contributed by atoms with E-state index in [4.69, 9.17) is 21.1 Å². The molecular formula is C37H42ClN5O6. The van der Waals surface area contributed by atoms with Crippen molar-refractivity contribution in [3.8, 4) is 0 Å². The van der Waals surface area contributed by atoms with Gasteiger partial charge in [-0.3, -0.25) is 10.1 Å². The summed E-state index contributed by atoms with van der Waals surface area (Å²) in [6.07, 6.45) is 10.1. The average Bonchev–Trinajstić information content (AvgIpc) is 3.48. The molecule has 1 saturated carbocycles. The number of carboxylic acids is 1. The Balaban J connectivity index is 1.27. The first-order valence-electron chi connectivity index (χ1n) is 16.6. The average molecular weight is 688 g/mol. The van der Waals surface area contributed by atoms with Gasteiger partial charge < -0.3 is 29.9 Å². The Labute approximate surface area is 291 Å². The SMILES string of the molecule is CCNC(O)Nc1ncnc2c1C=CCC(C1CC(CC(=O)N(C)c3c(Cl)cccc3C(=O)O)C3OC(C)(/C=C/c4ccccc4)OC13)C2. The maximum Gasteiger partial charge on any atom is 0.337 e. The number of carbonyl (C=O) groups is 2. The number of rotatable bonds is 11. The zero-order chi connectivity index (χ0) is 34.7. The predicted molar refractivity (Wildman–Crippen MR) is 188 cm³/mol. The number of hydrogen-bond acceptors (Lipinski definition) is 9. The standard InChI is InChI=1S/C37H42ClN5O6/c1-4-39-36(47)42-34-25-13-8-12-23(19-29(25)40-21-41-34)27-18-24(20-30(44)43(3)31-26(35(45)46)14-9-15-28(31)38)32-33(27)49-37(2,48-32)17-16-22-10-6-5-7-11-22/h5-11,13-17,21,23-24,27,32-33,36,39,47H,4,12,18-20H2,1-3H3,(H,45,46)(H,40,41,42)/b17-16+. The predicted octanol–water partition coefficient (Wildman–Crippen LogP) is 5.60. The van der Waals surface area contributed by atoms with E-state index in [0.717, 1.165) is 23.2 Å². The van der Waals surface area contributed by atoms with Crippen LogP contribution in [-0.4, -0.2) is 70.0 Å². The van der Waals surface area contributed by atoms with E-state index >= 15 is 0 Å². The quantitative estimate of drug-likeness (QED) is 0.188. The van der Waals surface area contributed by atoms with E-state index < -0.39 is 18.1 Å². The van der Waals surface area contributed by atoms with Gasteiger partial charge in [-0.15, -0.1) is 0 Å². The Bertz CT molecular complexity index is 1740. The third-order valence-corrected chi connectivity index (χ3v) is 9.99. The summed E-state index contributed by atoms with van der Waals surface area (Å²) in [6.45, 7) is 4.40. The number of benzene rings is 2. The second-order valence-corrected chi connectivity index (χ2v) is 13.4. The van der Waals surface area contributed by atoms with Crippen LogP contribution in [0.15, 0.2) is 67.0 Å². The fourth-order valence-corrected chi connectivity index (χ4v) is 7.66. The van der Waals surface area contributed by atoms with Crippen LogP contribution < -0.4 is 15.5 Å². The molecular weight excluding hydrogens is 646 g/mol. The summed E-state index contributed by atoms with van der Waals surface area (Å²) in [7, 11) is 1.56. The molecule has 7 unspecified atom stereocenters. The van der Waals surface area contributed by atoms with E-state index in [1.165, 1.54) is 17.3 Å². The molecule has 2 aliphatic carbocycles. The maximum atomic E-state index is 13.9. The van der Waals surface area contributed by atoms with Gasteiger partial charge in [0.1, 0.15) is 12.1 Å². The third kappa shape index (κ3) is 7.56. The first-order valence-corrected chi connectivity index (χ1v) is 17.0. The number of carbonyl (C=O) groups excluding carboxylic acids is 1. The van der Waals surface area contributed by atoms with Gasteiger partial charge in [-0.25, -0.2) is 14.8 Å². The van der Waals surface area contributed by atoms with Crippen molar-refractivity contribution >= 4 is 47.1 Å². The number of aliphatic hydroxyl groups is 1. The lowest BCUT2D eigenvalue weighted by molar-refractivity contribution is -0.142. The van der Waals surface area contributed by atoms with E-state index in [2.05, 4.69) is 26.7 Å². The minimum Gasteiger partial charge on any atom is -0.478 e. The van der Waals surface area contributed by atoms with Crippen LogP contribution in [0.2, 0.25) is 5.02 Å². The van der Waals surface area contributed by atoms with Crippen LogP contribution in [0.4, 0.5) is 11.5 Å². The molecule has 1 saturated heterocycles. The molecule has 0 bridgehead atoms. The number of ether oxygens (including phenoxy) is 2. The maximum absolute atomic E-state index is 13.9. The van der Waals surface area contributed by atoms with Crippen molar-refractivity contribution in [2.75, 3.05) is 23.8 Å². The molecule has 0 spiro atoms. The molecule has 3 aromatic rings. The van der Waals surface area contributed by atoms with Gasteiger partial charge in [0.2, 0.25) is 5.91 Å². The van der Waals surface area contributed by atoms with Crippen molar-refractivity contribution in [2.24, 2.45) is 17.8 Å². The van der Waals surface area contributed by atoms with Gasteiger partial charge in [0.25, 0.3) is 0 Å². The fourth-order valence-electron chi connectivity index (χ4n) is 7.36. The molecule has 2 aromatic carbocycles. The number of hydrogen-bond donors (Lipinski definition) is 4. The number of amides is 1. The topological polar surface area (TPSA) is 146 Å². The third-order valence-electron chi connectivity index (χ3n) is 9.69. The molecule has 4 N–H and O–H groups in total. The summed E-state index contributed by atoms with van der Waals surface area (Å²) in [5.74, 6) is -1.93. The first-order chi connectivity index (χ1) is 23.6. The summed E-state index contributed by atoms with van der Waals surface area (Å²) in [5.41, 5.74) is 2.84. The lowest BCUT2D eigenvalue weighted by Gasteiger charge is -2.29. The Morgan fingerprint density at radius 1 is 1.14 bits per heavy atom. The number of halogens is 1. The summed E-state index contributed by atoms with van der Waals surface area (Å²) in [5, 5.41) is 26.3. The van der Waals surface area contributed by atoms with Crippen LogP contribution in [-0.2, 0) is 20.7 Å². The minimum atomic E-state index is -1.16. The van der Waals surface area contributed by atoms with E-state index in [1.807, 2.05) is 62.4 Å². The van der Waals surface area contributed by atoms with Crippen molar-refractivity contribution in [1.29, 1.82) is 0 Å². The molecule has 2 fully saturated rings.